The number of carbonyl (C=O) groups excluding carboxylic acids is 1. The summed E-state index contributed by atoms with van der Waals surface area (Å²) in [7, 11) is 0. The lowest BCUT2D eigenvalue weighted by atomic mass is 9.80. The smallest absolute Gasteiger partial charge is 0.319 e. The summed E-state index contributed by atoms with van der Waals surface area (Å²) >= 11 is 0. The summed E-state index contributed by atoms with van der Waals surface area (Å²) in [6.45, 7) is 0.432. The van der Waals surface area contributed by atoms with Crippen LogP contribution in [0.3, 0.4) is 0 Å². The minimum absolute atomic E-state index is 0.377. The van der Waals surface area contributed by atoms with Gasteiger partial charge in [0.2, 0.25) is 5.91 Å². The van der Waals surface area contributed by atoms with E-state index in [-0.39, 0.29) is 5.91 Å². The number of alkyl halides is 2. The summed E-state index contributed by atoms with van der Waals surface area (Å²) in [5, 5.41) is 8.54. The van der Waals surface area contributed by atoms with E-state index >= 15 is 0 Å². The molecule has 6 heteroatoms. The van der Waals surface area contributed by atoms with Gasteiger partial charge in [-0.2, -0.15) is 0 Å². The summed E-state index contributed by atoms with van der Waals surface area (Å²) in [6, 6.07) is 0. The minimum atomic E-state index is -2.93. The van der Waals surface area contributed by atoms with E-state index in [1.54, 1.807) is 0 Å². The standard InChI is InChI=1S/C7H9F2NO3/c1-4(11)10-2-7(3-10,5(8)9)6(12)13/h5H,2-3H2,1H3,(H,12,13). The molecule has 1 saturated heterocycles. The number of likely N-dealkylation sites (tertiary alicyclic amines) is 1. The van der Waals surface area contributed by atoms with E-state index in [4.69, 9.17) is 5.11 Å². The molecule has 4 nitrogen and oxygen atoms in total. The van der Waals surface area contributed by atoms with Crippen molar-refractivity contribution in [2.24, 2.45) is 5.41 Å². The number of amides is 1. The molecule has 1 heterocycles. The molecule has 1 rings (SSSR count). The van der Waals surface area contributed by atoms with Gasteiger partial charge in [-0.05, 0) is 0 Å². The predicted molar refractivity (Wildman–Crippen MR) is 38.3 cm³/mol. The van der Waals surface area contributed by atoms with E-state index in [1.165, 1.54) is 6.92 Å². The Bertz CT molecular complexity index is 248. The van der Waals surface area contributed by atoms with E-state index < -0.39 is 30.9 Å². The lowest BCUT2D eigenvalue weighted by Crippen LogP contribution is -2.65. The average molecular weight is 193 g/mol. The molecule has 74 valence electrons. The third kappa shape index (κ3) is 1.36. The molecule has 1 aliphatic rings. The molecule has 0 aliphatic carbocycles. The maximum Gasteiger partial charge on any atom is 0.319 e. The Morgan fingerprint density at radius 2 is 1.92 bits per heavy atom. The van der Waals surface area contributed by atoms with Gasteiger partial charge in [0.25, 0.3) is 6.43 Å². The second-order valence-corrected chi connectivity index (χ2v) is 3.14. The normalized spacial score (nSPS) is 19.8. The molecule has 0 bridgehead atoms. The zero-order chi connectivity index (χ0) is 10.2. The summed E-state index contributed by atoms with van der Waals surface area (Å²) < 4.78 is 24.6. The minimum Gasteiger partial charge on any atom is -0.481 e. The Kier molecular flexibility index (Phi) is 2.23. The zero-order valence-corrected chi connectivity index (χ0v) is 6.96. The fourth-order valence-electron chi connectivity index (χ4n) is 1.22. The molecule has 1 amide bonds. The van der Waals surface area contributed by atoms with Gasteiger partial charge < -0.3 is 10.0 Å². The molecule has 1 N–H and O–H groups in total. The number of halogens is 2. The van der Waals surface area contributed by atoms with Crippen LogP contribution in [0.25, 0.3) is 0 Å². The van der Waals surface area contributed by atoms with Crippen molar-refractivity contribution in [1.29, 1.82) is 0 Å². The van der Waals surface area contributed by atoms with Gasteiger partial charge in [0.05, 0.1) is 0 Å². The Hall–Kier alpha value is -1.20. The van der Waals surface area contributed by atoms with Gasteiger partial charge in [-0.15, -0.1) is 0 Å². The van der Waals surface area contributed by atoms with E-state index in [0.29, 0.717) is 0 Å². The van der Waals surface area contributed by atoms with Gasteiger partial charge in [0.1, 0.15) is 0 Å². The first-order chi connectivity index (χ1) is 5.90. The number of carbonyl (C=O) groups is 2. The molecule has 0 radical (unpaired) electrons. The van der Waals surface area contributed by atoms with Crippen molar-refractivity contribution in [3.63, 3.8) is 0 Å². The average Bonchev–Trinajstić information content (AvgIpc) is 1.80. The van der Waals surface area contributed by atoms with Gasteiger partial charge in [0.15, 0.2) is 5.41 Å². The van der Waals surface area contributed by atoms with Crippen molar-refractivity contribution in [2.45, 2.75) is 13.3 Å². The summed E-state index contributed by atoms with van der Waals surface area (Å²) in [4.78, 5) is 22.2. The van der Waals surface area contributed by atoms with Crippen LogP contribution in [0.15, 0.2) is 0 Å². The maximum atomic E-state index is 12.3. The van der Waals surface area contributed by atoms with Crippen LogP contribution < -0.4 is 0 Å². The molecular formula is C7H9F2NO3. The second-order valence-electron chi connectivity index (χ2n) is 3.14. The Labute approximate surface area is 73.1 Å². The van der Waals surface area contributed by atoms with Crippen molar-refractivity contribution >= 4 is 11.9 Å². The van der Waals surface area contributed by atoms with Gasteiger partial charge in [0, 0.05) is 20.0 Å². The fraction of sp³-hybridized carbons (Fsp3) is 0.714. The quantitative estimate of drug-likeness (QED) is 0.680. The SMILES string of the molecule is CC(=O)N1CC(C(=O)O)(C(F)F)C1. The molecule has 0 aromatic heterocycles. The molecule has 0 aromatic carbocycles. The highest BCUT2D eigenvalue weighted by atomic mass is 19.3. The van der Waals surface area contributed by atoms with E-state index in [1.807, 2.05) is 0 Å². The molecule has 1 fully saturated rings. The van der Waals surface area contributed by atoms with Crippen molar-refractivity contribution in [3.8, 4) is 0 Å². The summed E-state index contributed by atoms with van der Waals surface area (Å²) in [5.74, 6) is -1.92. The van der Waals surface area contributed by atoms with Crippen molar-refractivity contribution in [3.05, 3.63) is 0 Å². The number of hydrogen-bond donors (Lipinski definition) is 1. The Morgan fingerprint density at radius 1 is 1.46 bits per heavy atom. The predicted octanol–water partition coefficient (Wildman–Crippen LogP) is 0.185. The number of carboxylic acids is 1. The molecular weight excluding hydrogens is 184 g/mol. The van der Waals surface area contributed by atoms with Crippen molar-refractivity contribution in [2.75, 3.05) is 13.1 Å². The largest absolute Gasteiger partial charge is 0.481 e. The molecule has 0 atom stereocenters. The van der Waals surface area contributed by atoms with Crippen LogP contribution in [0.4, 0.5) is 8.78 Å². The van der Waals surface area contributed by atoms with Crippen LogP contribution in [-0.2, 0) is 9.59 Å². The van der Waals surface area contributed by atoms with E-state index in [2.05, 4.69) is 0 Å². The highest BCUT2D eigenvalue weighted by molar-refractivity contribution is 5.82. The molecule has 0 unspecified atom stereocenters. The third-order valence-corrected chi connectivity index (χ3v) is 2.23. The second kappa shape index (κ2) is 2.93. The number of hydrogen-bond acceptors (Lipinski definition) is 2. The van der Waals surface area contributed by atoms with Crippen molar-refractivity contribution in [1.82, 2.24) is 4.90 Å². The Balaban J connectivity index is 2.69. The first-order valence-corrected chi connectivity index (χ1v) is 3.67. The first kappa shape index (κ1) is 9.88. The zero-order valence-electron chi connectivity index (χ0n) is 6.96. The summed E-state index contributed by atoms with van der Waals surface area (Å²) in [6.07, 6.45) is -2.93. The third-order valence-electron chi connectivity index (χ3n) is 2.23. The van der Waals surface area contributed by atoms with Crippen LogP contribution in [0.1, 0.15) is 6.92 Å². The molecule has 0 saturated carbocycles. The summed E-state index contributed by atoms with van der Waals surface area (Å²) in [5.41, 5.74) is -2.04. The van der Waals surface area contributed by atoms with Gasteiger partial charge in [-0.1, -0.05) is 0 Å². The maximum absolute atomic E-state index is 12.3. The number of aliphatic carboxylic acids is 1. The van der Waals surface area contributed by atoms with Gasteiger partial charge >= 0.3 is 5.97 Å². The first-order valence-electron chi connectivity index (χ1n) is 3.67. The van der Waals surface area contributed by atoms with Gasteiger partial charge in [-0.25, -0.2) is 8.78 Å². The lowest BCUT2D eigenvalue weighted by Gasteiger charge is -2.45. The van der Waals surface area contributed by atoms with Crippen molar-refractivity contribution < 1.29 is 23.5 Å². The van der Waals surface area contributed by atoms with Crippen LogP contribution in [0.2, 0.25) is 0 Å². The highest BCUT2D eigenvalue weighted by Gasteiger charge is 2.57. The Morgan fingerprint density at radius 3 is 2.15 bits per heavy atom. The monoisotopic (exact) mass is 193 g/mol. The molecule has 0 aromatic rings. The molecule has 0 spiro atoms. The molecule has 1 aliphatic heterocycles. The van der Waals surface area contributed by atoms with Crippen LogP contribution in [-0.4, -0.2) is 41.4 Å². The lowest BCUT2D eigenvalue weighted by molar-refractivity contribution is -0.183. The number of rotatable bonds is 2. The van der Waals surface area contributed by atoms with Crippen LogP contribution in [0, 0.1) is 5.41 Å². The van der Waals surface area contributed by atoms with Crippen LogP contribution >= 0.6 is 0 Å². The number of carboxylic acid groups (broad SMARTS) is 1. The topological polar surface area (TPSA) is 57.6 Å². The fourth-order valence-corrected chi connectivity index (χ4v) is 1.22. The molecule has 13 heavy (non-hydrogen) atoms. The van der Waals surface area contributed by atoms with E-state index in [9.17, 15) is 18.4 Å². The van der Waals surface area contributed by atoms with Gasteiger partial charge in [-0.3, -0.25) is 9.59 Å². The highest BCUT2D eigenvalue weighted by Crippen LogP contribution is 2.36. The van der Waals surface area contributed by atoms with Crippen LogP contribution in [0.5, 0.6) is 0 Å². The van der Waals surface area contributed by atoms with E-state index in [0.717, 1.165) is 4.90 Å². The number of nitrogens with zero attached hydrogens (tertiary/aromatic N) is 1.